The van der Waals surface area contributed by atoms with Crippen molar-refractivity contribution >= 4 is 34.0 Å². The van der Waals surface area contributed by atoms with E-state index in [1.807, 2.05) is 6.92 Å². The number of amides is 1. The van der Waals surface area contributed by atoms with Gasteiger partial charge in [0.05, 0.1) is 11.3 Å². The maximum Gasteiger partial charge on any atom is 0.251 e. The molecule has 0 radical (unpaired) electrons. The maximum atomic E-state index is 12.2. The fraction of sp³-hybridized carbons (Fsp3) is 0.412. The summed E-state index contributed by atoms with van der Waals surface area (Å²) in [5.41, 5.74) is 2.22. The number of hydrogen-bond donors (Lipinski definition) is 2. The standard InChI is InChI=1S/C17H18N4O2S2/c1-2-4-10-7-14(22)21-17(19-10)24-9-15(23)20-16-12(8-18)11-5-3-6-13(11)25-16/h7H,2-6,9H2,1H3,(H,20,23)(H,19,21,22). The van der Waals surface area contributed by atoms with Crippen LogP contribution in [-0.4, -0.2) is 21.6 Å². The van der Waals surface area contributed by atoms with Gasteiger partial charge in [-0.1, -0.05) is 25.1 Å². The summed E-state index contributed by atoms with van der Waals surface area (Å²) in [6.45, 7) is 2.02. The number of H-pyrrole nitrogens is 1. The zero-order valence-electron chi connectivity index (χ0n) is 13.8. The number of carbonyl (C=O) groups is 1. The van der Waals surface area contributed by atoms with Gasteiger partial charge in [0.15, 0.2) is 5.16 Å². The third-order valence-corrected chi connectivity index (χ3v) is 5.99. The predicted octanol–water partition coefficient (Wildman–Crippen LogP) is 2.88. The molecule has 130 valence electrons. The number of nitriles is 1. The van der Waals surface area contributed by atoms with E-state index in [9.17, 15) is 14.9 Å². The second-order valence-corrected chi connectivity index (χ2v) is 7.87. The average molecular weight is 374 g/mol. The molecule has 0 unspecified atom stereocenters. The van der Waals surface area contributed by atoms with E-state index >= 15 is 0 Å². The molecule has 0 fully saturated rings. The summed E-state index contributed by atoms with van der Waals surface area (Å²) in [5, 5.41) is 13.3. The number of anilines is 1. The highest BCUT2D eigenvalue weighted by Crippen LogP contribution is 2.38. The maximum absolute atomic E-state index is 12.2. The van der Waals surface area contributed by atoms with Crippen molar-refractivity contribution in [2.24, 2.45) is 0 Å². The molecule has 1 aliphatic carbocycles. The molecule has 25 heavy (non-hydrogen) atoms. The third kappa shape index (κ3) is 4.11. The van der Waals surface area contributed by atoms with Crippen molar-refractivity contribution in [3.63, 3.8) is 0 Å². The van der Waals surface area contributed by atoms with E-state index in [1.54, 1.807) is 0 Å². The lowest BCUT2D eigenvalue weighted by molar-refractivity contribution is -0.113. The molecule has 2 aromatic rings. The van der Waals surface area contributed by atoms with Crippen LogP contribution in [0.25, 0.3) is 0 Å². The van der Waals surface area contributed by atoms with Crippen LogP contribution in [0.3, 0.4) is 0 Å². The fourth-order valence-corrected chi connectivity index (χ4v) is 4.79. The highest BCUT2D eigenvalue weighted by atomic mass is 32.2. The van der Waals surface area contributed by atoms with Gasteiger partial charge in [-0.05, 0) is 31.2 Å². The predicted molar refractivity (Wildman–Crippen MR) is 99.3 cm³/mol. The molecule has 3 rings (SSSR count). The molecular formula is C17H18N4O2S2. The first-order valence-electron chi connectivity index (χ1n) is 8.18. The Balaban J connectivity index is 1.64. The largest absolute Gasteiger partial charge is 0.316 e. The Kier molecular flexibility index (Phi) is 5.56. The van der Waals surface area contributed by atoms with Crippen LogP contribution in [0, 0.1) is 11.3 Å². The Hall–Kier alpha value is -2.11. The van der Waals surface area contributed by atoms with Gasteiger partial charge in [0.1, 0.15) is 11.1 Å². The minimum Gasteiger partial charge on any atom is -0.316 e. The molecule has 0 bridgehead atoms. The van der Waals surface area contributed by atoms with Crippen LogP contribution in [0.15, 0.2) is 16.0 Å². The molecule has 2 N–H and O–H groups in total. The van der Waals surface area contributed by atoms with Crippen LogP contribution >= 0.6 is 23.1 Å². The van der Waals surface area contributed by atoms with Crippen LogP contribution in [-0.2, 0) is 24.1 Å². The molecule has 2 heterocycles. The molecule has 1 aliphatic rings. The molecule has 0 saturated heterocycles. The second kappa shape index (κ2) is 7.85. The minimum atomic E-state index is -0.206. The Morgan fingerprint density at radius 3 is 3.12 bits per heavy atom. The van der Waals surface area contributed by atoms with Crippen LogP contribution in [0.1, 0.15) is 41.5 Å². The molecule has 1 amide bonds. The first-order valence-corrected chi connectivity index (χ1v) is 9.98. The number of aromatic amines is 1. The summed E-state index contributed by atoms with van der Waals surface area (Å²) >= 11 is 2.69. The van der Waals surface area contributed by atoms with Gasteiger partial charge in [-0.25, -0.2) is 4.98 Å². The van der Waals surface area contributed by atoms with Crippen molar-refractivity contribution in [2.75, 3.05) is 11.1 Å². The van der Waals surface area contributed by atoms with Gasteiger partial charge < -0.3 is 10.3 Å². The zero-order valence-corrected chi connectivity index (χ0v) is 15.5. The number of aryl methyl sites for hydroxylation is 2. The van der Waals surface area contributed by atoms with Crippen LogP contribution in [0.2, 0.25) is 0 Å². The van der Waals surface area contributed by atoms with E-state index in [1.165, 1.54) is 34.0 Å². The number of rotatable bonds is 6. The number of thiophene rings is 1. The van der Waals surface area contributed by atoms with E-state index in [-0.39, 0.29) is 17.2 Å². The van der Waals surface area contributed by atoms with Crippen LogP contribution in [0.5, 0.6) is 0 Å². The van der Waals surface area contributed by atoms with Gasteiger partial charge in [-0.3, -0.25) is 9.59 Å². The van der Waals surface area contributed by atoms with E-state index in [2.05, 4.69) is 21.4 Å². The smallest absolute Gasteiger partial charge is 0.251 e. The minimum absolute atomic E-state index is 0.131. The van der Waals surface area contributed by atoms with E-state index < -0.39 is 0 Å². The van der Waals surface area contributed by atoms with Gasteiger partial charge in [-0.2, -0.15) is 5.26 Å². The summed E-state index contributed by atoms with van der Waals surface area (Å²) in [5.74, 6) is -0.0728. The molecule has 0 saturated carbocycles. The summed E-state index contributed by atoms with van der Waals surface area (Å²) in [7, 11) is 0. The Bertz CT molecular complexity index is 895. The van der Waals surface area contributed by atoms with Crippen LogP contribution < -0.4 is 10.9 Å². The number of thioether (sulfide) groups is 1. The fourth-order valence-electron chi connectivity index (χ4n) is 2.84. The summed E-state index contributed by atoms with van der Waals surface area (Å²) in [6.07, 6.45) is 4.60. The van der Waals surface area contributed by atoms with Crippen molar-refractivity contribution in [3.8, 4) is 6.07 Å². The van der Waals surface area contributed by atoms with Crippen molar-refractivity contribution in [1.29, 1.82) is 5.26 Å². The number of aromatic nitrogens is 2. The van der Waals surface area contributed by atoms with E-state index in [4.69, 9.17) is 0 Å². The zero-order chi connectivity index (χ0) is 17.8. The lowest BCUT2D eigenvalue weighted by Gasteiger charge is -2.05. The Labute approximate surface area is 153 Å². The molecular weight excluding hydrogens is 356 g/mol. The molecule has 2 aromatic heterocycles. The number of carbonyl (C=O) groups excluding carboxylic acids is 1. The average Bonchev–Trinajstić information content (AvgIpc) is 3.13. The molecule has 0 aromatic carbocycles. The van der Waals surface area contributed by atoms with Gasteiger partial charge in [-0.15, -0.1) is 11.3 Å². The van der Waals surface area contributed by atoms with Crippen molar-refractivity contribution in [1.82, 2.24) is 9.97 Å². The van der Waals surface area contributed by atoms with Crippen LogP contribution in [0.4, 0.5) is 5.00 Å². The number of hydrogen-bond acceptors (Lipinski definition) is 6. The molecule has 8 heteroatoms. The van der Waals surface area contributed by atoms with Gasteiger partial charge in [0.25, 0.3) is 5.56 Å². The molecule has 0 spiro atoms. The topological polar surface area (TPSA) is 98.6 Å². The monoisotopic (exact) mass is 374 g/mol. The normalized spacial score (nSPS) is 12.6. The number of fused-ring (bicyclic) bond motifs is 1. The molecule has 6 nitrogen and oxygen atoms in total. The SMILES string of the molecule is CCCc1cc(=O)[nH]c(SCC(=O)Nc2sc3c(c2C#N)CCC3)n1. The first-order chi connectivity index (χ1) is 12.1. The molecule has 0 atom stereocenters. The second-order valence-electron chi connectivity index (χ2n) is 5.80. The number of nitrogens with zero attached hydrogens (tertiary/aromatic N) is 2. The van der Waals surface area contributed by atoms with Crippen molar-refractivity contribution < 1.29 is 4.79 Å². The van der Waals surface area contributed by atoms with Crippen molar-refractivity contribution in [2.45, 2.75) is 44.2 Å². The first kappa shape index (κ1) is 17.7. The third-order valence-electron chi connectivity index (χ3n) is 3.91. The Morgan fingerprint density at radius 1 is 1.52 bits per heavy atom. The summed E-state index contributed by atoms with van der Waals surface area (Å²) in [4.78, 5) is 32.1. The quantitative estimate of drug-likeness (QED) is 0.598. The summed E-state index contributed by atoms with van der Waals surface area (Å²) < 4.78 is 0. The lowest BCUT2D eigenvalue weighted by Crippen LogP contribution is -2.16. The Morgan fingerprint density at radius 2 is 2.36 bits per heavy atom. The van der Waals surface area contributed by atoms with Gasteiger partial charge >= 0.3 is 0 Å². The van der Waals surface area contributed by atoms with E-state index in [0.717, 1.165) is 43.4 Å². The van der Waals surface area contributed by atoms with E-state index in [0.29, 0.717) is 15.7 Å². The van der Waals surface area contributed by atoms with Gasteiger partial charge in [0, 0.05) is 16.6 Å². The number of nitrogens with one attached hydrogen (secondary N) is 2. The highest BCUT2D eigenvalue weighted by Gasteiger charge is 2.23. The highest BCUT2D eigenvalue weighted by molar-refractivity contribution is 7.99. The molecule has 0 aliphatic heterocycles. The lowest BCUT2D eigenvalue weighted by atomic mass is 10.1. The van der Waals surface area contributed by atoms with Crippen molar-refractivity contribution in [3.05, 3.63) is 38.1 Å². The van der Waals surface area contributed by atoms with Gasteiger partial charge in [0.2, 0.25) is 5.91 Å². The summed E-state index contributed by atoms with van der Waals surface area (Å²) in [6, 6.07) is 3.70.